The van der Waals surface area contributed by atoms with Gasteiger partial charge >= 0.3 is 0 Å². The average Bonchev–Trinajstić information content (AvgIpc) is 2.95. The number of allylic oxidation sites excluding steroid dienone is 1. The molecule has 0 radical (unpaired) electrons. The zero-order valence-electron chi connectivity index (χ0n) is 11.5. The van der Waals surface area contributed by atoms with Crippen LogP contribution in [0.1, 0.15) is 15.9 Å². The molecule has 0 bridgehead atoms. The van der Waals surface area contributed by atoms with Gasteiger partial charge in [-0.3, -0.25) is 4.79 Å². The van der Waals surface area contributed by atoms with E-state index in [1.807, 2.05) is 36.4 Å². The summed E-state index contributed by atoms with van der Waals surface area (Å²) >= 11 is 5.94. The van der Waals surface area contributed by atoms with Gasteiger partial charge in [0, 0.05) is 27.7 Å². The lowest BCUT2D eigenvalue weighted by molar-refractivity contribution is 0.104. The monoisotopic (exact) mass is 306 g/mol. The second-order valence-corrected chi connectivity index (χ2v) is 5.24. The third-order valence-corrected chi connectivity index (χ3v) is 3.60. The first kappa shape index (κ1) is 14.1. The number of H-pyrrole nitrogens is 1. The smallest absolute Gasteiger partial charge is 0.205 e. The van der Waals surface area contributed by atoms with E-state index in [2.05, 4.69) is 4.98 Å². The minimum atomic E-state index is -0.306. The van der Waals surface area contributed by atoms with Gasteiger partial charge in [-0.1, -0.05) is 48.0 Å². The molecule has 0 aliphatic rings. The molecule has 0 spiro atoms. The Bertz CT molecular complexity index is 917. The molecule has 1 aromatic heterocycles. The summed E-state index contributed by atoms with van der Waals surface area (Å²) in [5, 5.41) is 10.6. The van der Waals surface area contributed by atoms with Crippen LogP contribution in [-0.2, 0) is 0 Å². The lowest BCUT2D eigenvalue weighted by Crippen LogP contribution is -2.01. The van der Waals surface area contributed by atoms with Crippen molar-refractivity contribution in [3.05, 3.63) is 76.5 Å². The van der Waals surface area contributed by atoms with Crippen LogP contribution >= 0.6 is 11.6 Å². The standard InChI is InChI=1S/C18H11ClN2O/c19-14-6-7-15-16(11-21-17(15)9-14)18(22)13(10-20)8-12-4-2-1-3-5-12/h1-9,11,21H/b13-8+. The molecule has 106 valence electrons. The lowest BCUT2D eigenvalue weighted by Gasteiger charge is -1.99. The maximum absolute atomic E-state index is 12.6. The number of nitrogens with one attached hydrogen (secondary N) is 1. The third kappa shape index (κ3) is 2.65. The molecule has 0 aliphatic carbocycles. The number of nitrogens with zero attached hydrogens (tertiary/aromatic N) is 1. The summed E-state index contributed by atoms with van der Waals surface area (Å²) in [6.07, 6.45) is 3.20. The molecule has 1 N–H and O–H groups in total. The van der Waals surface area contributed by atoms with Gasteiger partial charge in [0.1, 0.15) is 11.6 Å². The Morgan fingerprint density at radius 2 is 1.95 bits per heavy atom. The first-order valence-corrected chi connectivity index (χ1v) is 7.05. The molecule has 22 heavy (non-hydrogen) atoms. The van der Waals surface area contributed by atoms with Gasteiger partial charge < -0.3 is 4.98 Å². The molecule has 3 aromatic rings. The number of benzene rings is 2. The summed E-state index contributed by atoms with van der Waals surface area (Å²) in [6.45, 7) is 0. The first-order chi connectivity index (χ1) is 10.7. The Kier molecular flexibility index (Phi) is 3.78. The van der Waals surface area contributed by atoms with Crippen molar-refractivity contribution in [1.29, 1.82) is 5.26 Å². The molecular formula is C18H11ClN2O. The predicted molar refractivity (Wildman–Crippen MR) is 87.7 cm³/mol. The van der Waals surface area contributed by atoms with Crippen molar-refractivity contribution >= 4 is 34.4 Å². The number of carbonyl (C=O) groups excluding carboxylic acids is 1. The molecule has 0 atom stereocenters. The Labute approximate surface area is 132 Å². The fraction of sp³-hybridized carbons (Fsp3) is 0. The van der Waals surface area contributed by atoms with E-state index in [-0.39, 0.29) is 11.4 Å². The number of aromatic nitrogens is 1. The molecule has 4 heteroatoms. The number of fused-ring (bicyclic) bond motifs is 1. The summed E-state index contributed by atoms with van der Waals surface area (Å²) < 4.78 is 0. The quantitative estimate of drug-likeness (QED) is 0.436. The van der Waals surface area contributed by atoms with Gasteiger partial charge in [0.15, 0.2) is 0 Å². The number of hydrogen-bond acceptors (Lipinski definition) is 2. The third-order valence-electron chi connectivity index (χ3n) is 3.36. The topological polar surface area (TPSA) is 56.6 Å². The maximum atomic E-state index is 12.6. The molecule has 0 saturated carbocycles. The summed E-state index contributed by atoms with van der Waals surface area (Å²) in [5.74, 6) is -0.306. The molecule has 0 amide bonds. The number of nitriles is 1. The van der Waals surface area contributed by atoms with Gasteiger partial charge in [-0.05, 0) is 23.8 Å². The fourth-order valence-electron chi connectivity index (χ4n) is 2.30. The molecule has 0 saturated heterocycles. The molecule has 3 rings (SSSR count). The minimum Gasteiger partial charge on any atom is -0.360 e. The molecule has 0 unspecified atom stereocenters. The highest BCUT2D eigenvalue weighted by atomic mass is 35.5. The highest BCUT2D eigenvalue weighted by Gasteiger charge is 2.16. The van der Waals surface area contributed by atoms with Crippen molar-refractivity contribution in [2.75, 3.05) is 0 Å². The van der Waals surface area contributed by atoms with Gasteiger partial charge in [-0.15, -0.1) is 0 Å². The van der Waals surface area contributed by atoms with Crippen LogP contribution < -0.4 is 0 Å². The largest absolute Gasteiger partial charge is 0.360 e. The Balaban J connectivity index is 2.04. The van der Waals surface area contributed by atoms with Crippen molar-refractivity contribution < 1.29 is 4.79 Å². The number of halogens is 1. The highest BCUT2D eigenvalue weighted by molar-refractivity contribution is 6.31. The molecule has 0 aliphatic heterocycles. The van der Waals surface area contributed by atoms with Crippen LogP contribution in [0.5, 0.6) is 0 Å². The van der Waals surface area contributed by atoms with Crippen molar-refractivity contribution in [3.63, 3.8) is 0 Å². The lowest BCUT2D eigenvalue weighted by atomic mass is 10.0. The summed E-state index contributed by atoms with van der Waals surface area (Å²) in [7, 11) is 0. The number of carbonyl (C=O) groups is 1. The summed E-state index contributed by atoms with van der Waals surface area (Å²) in [5.41, 5.74) is 2.15. The Morgan fingerprint density at radius 1 is 1.18 bits per heavy atom. The molecular weight excluding hydrogens is 296 g/mol. The number of Topliss-reactive ketones (excluding diaryl/α,β-unsaturated/α-hetero) is 1. The van der Waals surface area contributed by atoms with Crippen LogP contribution in [0.4, 0.5) is 0 Å². The summed E-state index contributed by atoms with van der Waals surface area (Å²) in [6, 6.07) is 16.5. The predicted octanol–water partition coefficient (Wildman–Crippen LogP) is 4.61. The van der Waals surface area contributed by atoms with E-state index in [0.717, 1.165) is 16.5 Å². The zero-order chi connectivity index (χ0) is 15.5. The van der Waals surface area contributed by atoms with E-state index in [1.165, 1.54) is 0 Å². The first-order valence-electron chi connectivity index (χ1n) is 6.67. The van der Waals surface area contributed by atoms with Gasteiger partial charge in [0.05, 0.1) is 0 Å². The average molecular weight is 307 g/mol. The van der Waals surface area contributed by atoms with Gasteiger partial charge in [0.2, 0.25) is 5.78 Å². The van der Waals surface area contributed by atoms with Crippen LogP contribution in [0.3, 0.4) is 0 Å². The van der Waals surface area contributed by atoms with Gasteiger partial charge in [0.25, 0.3) is 0 Å². The van der Waals surface area contributed by atoms with Crippen LogP contribution in [0, 0.1) is 11.3 Å². The second-order valence-electron chi connectivity index (χ2n) is 4.80. The number of hydrogen-bond donors (Lipinski definition) is 1. The maximum Gasteiger partial charge on any atom is 0.205 e. The van der Waals surface area contributed by atoms with E-state index in [9.17, 15) is 10.1 Å². The van der Waals surface area contributed by atoms with Crippen molar-refractivity contribution in [2.24, 2.45) is 0 Å². The molecule has 2 aromatic carbocycles. The van der Waals surface area contributed by atoms with E-state index in [1.54, 1.807) is 30.5 Å². The Morgan fingerprint density at radius 3 is 2.68 bits per heavy atom. The fourth-order valence-corrected chi connectivity index (χ4v) is 2.47. The van der Waals surface area contributed by atoms with Crippen LogP contribution in [0.25, 0.3) is 17.0 Å². The van der Waals surface area contributed by atoms with Crippen LogP contribution in [0.15, 0.2) is 60.3 Å². The van der Waals surface area contributed by atoms with Crippen LogP contribution in [0.2, 0.25) is 5.02 Å². The van der Waals surface area contributed by atoms with E-state index in [0.29, 0.717) is 10.6 Å². The molecule has 1 heterocycles. The normalized spacial score (nSPS) is 11.4. The van der Waals surface area contributed by atoms with Gasteiger partial charge in [-0.2, -0.15) is 5.26 Å². The highest BCUT2D eigenvalue weighted by Crippen LogP contribution is 2.24. The summed E-state index contributed by atoms with van der Waals surface area (Å²) in [4.78, 5) is 15.6. The van der Waals surface area contributed by atoms with Crippen molar-refractivity contribution in [2.45, 2.75) is 0 Å². The minimum absolute atomic E-state index is 0.0991. The number of aromatic amines is 1. The second kappa shape index (κ2) is 5.88. The van der Waals surface area contributed by atoms with E-state index in [4.69, 9.17) is 11.6 Å². The molecule has 3 nitrogen and oxygen atoms in total. The SMILES string of the molecule is N#C/C(=C\c1ccccc1)C(=O)c1c[nH]c2cc(Cl)ccc12. The Hall–Kier alpha value is -2.83. The van der Waals surface area contributed by atoms with Gasteiger partial charge in [-0.25, -0.2) is 0 Å². The van der Waals surface area contributed by atoms with E-state index < -0.39 is 0 Å². The number of rotatable bonds is 3. The zero-order valence-corrected chi connectivity index (χ0v) is 12.3. The molecule has 0 fully saturated rings. The van der Waals surface area contributed by atoms with Crippen molar-refractivity contribution in [1.82, 2.24) is 4.98 Å². The van der Waals surface area contributed by atoms with Crippen molar-refractivity contribution in [3.8, 4) is 6.07 Å². The number of ketones is 1. The van der Waals surface area contributed by atoms with E-state index >= 15 is 0 Å². The van der Waals surface area contributed by atoms with Crippen LogP contribution in [-0.4, -0.2) is 10.8 Å².